The molecule has 3 nitrogen and oxygen atoms in total. The number of aromatic nitrogens is 2. The van der Waals surface area contributed by atoms with Crippen molar-refractivity contribution in [3.05, 3.63) is 40.8 Å². The second-order valence-electron chi connectivity index (χ2n) is 4.76. The van der Waals surface area contributed by atoms with Gasteiger partial charge in [-0.25, -0.2) is 9.97 Å². The van der Waals surface area contributed by atoms with Crippen LogP contribution < -0.4 is 4.74 Å². The molecule has 0 aliphatic rings. The molecule has 2 aromatic rings. The van der Waals surface area contributed by atoms with E-state index in [1.807, 2.05) is 25.1 Å². The van der Waals surface area contributed by atoms with Crippen molar-refractivity contribution in [2.75, 3.05) is 7.11 Å². The molecule has 2 rings (SSSR count). The number of hydrogen-bond acceptors (Lipinski definition) is 3. The summed E-state index contributed by atoms with van der Waals surface area (Å²) in [6.45, 7) is 6.22. The number of rotatable bonds is 3. The maximum Gasteiger partial charge on any atom is 0.136 e. The molecule has 0 aliphatic carbocycles. The van der Waals surface area contributed by atoms with Crippen LogP contribution in [0.1, 0.15) is 30.9 Å². The monoisotopic (exact) mass is 276 g/mol. The summed E-state index contributed by atoms with van der Waals surface area (Å²) in [7, 11) is 1.66. The first kappa shape index (κ1) is 13.8. The smallest absolute Gasteiger partial charge is 0.136 e. The average molecular weight is 277 g/mol. The lowest BCUT2D eigenvalue weighted by Gasteiger charge is -2.15. The minimum absolute atomic E-state index is 0.269. The predicted octanol–water partition coefficient (Wildman–Crippen LogP) is 4.24. The van der Waals surface area contributed by atoms with Crippen LogP contribution in [0.4, 0.5) is 0 Å². The third-order valence-electron chi connectivity index (χ3n) is 3.10. The molecule has 100 valence electrons. The molecule has 0 saturated heterocycles. The highest BCUT2D eigenvalue weighted by Gasteiger charge is 2.16. The van der Waals surface area contributed by atoms with E-state index in [0.717, 1.165) is 28.1 Å². The zero-order chi connectivity index (χ0) is 14.0. The maximum absolute atomic E-state index is 6.21. The van der Waals surface area contributed by atoms with E-state index in [1.54, 1.807) is 7.11 Å². The van der Waals surface area contributed by atoms with Crippen molar-refractivity contribution in [3.63, 3.8) is 0 Å². The van der Waals surface area contributed by atoms with Gasteiger partial charge in [-0.2, -0.15) is 0 Å². The number of benzene rings is 1. The van der Waals surface area contributed by atoms with E-state index in [2.05, 4.69) is 23.8 Å². The van der Waals surface area contributed by atoms with E-state index < -0.39 is 0 Å². The number of nitrogens with zero attached hydrogens (tertiary/aromatic N) is 2. The lowest BCUT2D eigenvalue weighted by molar-refractivity contribution is 0.414. The summed E-state index contributed by atoms with van der Waals surface area (Å²) < 4.78 is 5.23. The zero-order valence-electron chi connectivity index (χ0n) is 11.6. The minimum atomic E-state index is 0.269. The van der Waals surface area contributed by atoms with E-state index in [4.69, 9.17) is 16.3 Å². The summed E-state index contributed by atoms with van der Waals surface area (Å²) in [5.74, 6) is 1.11. The summed E-state index contributed by atoms with van der Waals surface area (Å²) >= 11 is 6.21. The first-order valence-electron chi connectivity index (χ1n) is 6.20. The van der Waals surface area contributed by atoms with E-state index in [1.165, 1.54) is 6.33 Å². The molecule has 0 atom stereocenters. The molecule has 0 radical (unpaired) electrons. The fraction of sp³-hybridized carbons (Fsp3) is 0.333. The summed E-state index contributed by atoms with van der Waals surface area (Å²) in [5.41, 5.74) is 4.05. The van der Waals surface area contributed by atoms with Gasteiger partial charge < -0.3 is 4.74 Å². The third kappa shape index (κ3) is 2.71. The van der Waals surface area contributed by atoms with Gasteiger partial charge in [0.05, 0.1) is 12.8 Å². The molecule has 0 saturated carbocycles. The maximum atomic E-state index is 6.21. The van der Waals surface area contributed by atoms with Gasteiger partial charge >= 0.3 is 0 Å². The molecule has 0 N–H and O–H groups in total. The second-order valence-corrected chi connectivity index (χ2v) is 5.12. The molecule has 19 heavy (non-hydrogen) atoms. The van der Waals surface area contributed by atoms with Crippen molar-refractivity contribution < 1.29 is 4.74 Å². The third-order valence-corrected chi connectivity index (χ3v) is 3.40. The van der Waals surface area contributed by atoms with E-state index >= 15 is 0 Å². The van der Waals surface area contributed by atoms with Gasteiger partial charge in [0, 0.05) is 11.1 Å². The molecule has 1 aromatic carbocycles. The molecule has 0 fully saturated rings. The van der Waals surface area contributed by atoms with Gasteiger partial charge in [-0.15, -0.1) is 0 Å². The highest BCUT2D eigenvalue weighted by molar-refractivity contribution is 6.30. The normalized spacial score (nSPS) is 10.8. The number of methoxy groups -OCH3 is 1. The second kappa shape index (κ2) is 5.57. The zero-order valence-corrected chi connectivity index (χ0v) is 12.3. The number of halogens is 1. The van der Waals surface area contributed by atoms with Gasteiger partial charge in [0.1, 0.15) is 17.2 Å². The van der Waals surface area contributed by atoms with Crippen molar-refractivity contribution in [2.45, 2.75) is 26.7 Å². The van der Waals surface area contributed by atoms with Crippen LogP contribution in [0.3, 0.4) is 0 Å². The Labute approximate surface area is 118 Å². The highest BCUT2D eigenvalue weighted by Crippen LogP contribution is 2.34. The van der Waals surface area contributed by atoms with Gasteiger partial charge in [-0.05, 0) is 36.6 Å². The van der Waals surface area contributed by atoms with Crippen LogP contribution in [0.25, 0.3) is 11.3 Å². The molecule has 4 heteroatoms. The Morgan fingerprint density at radius 1 is 1.21 bits per heavy atom. The van der Waals surface area contributed by atoms with Crippen molar-refractivity contribution in [3.8, 4) is 17.0 Å². The Hall–Kier alpha value is -1.61. The van der Waals surface area contributed by atoms with Crippen molar-refractivity contribution in [1.82, 2.24) is 9.97 Å². The molecule has 0 aliphatic heterocycles. The van der Waals surface area contributed by atoms with Gasteiger partial charge in [0.15, 0.2) is 0 Å². The lowest BCUT2D eigenvalue weighted by Crippen LogP contribution is -2.00. The van der Waals surface area contributed by atoms with Crippen LogP contribution in [0.15, 0.2) is 24.5 Å². The Morgan fingerprint density at radius 3 is 2.53 bits per heavy atom. The summed E-state index contributed by atoms with van der Waals surface area (Å²) in [6, 6.07) is 5.94. The Bertz CT molecular complexity index is 597. The molecule has 0 spiro atoms. The quantitative estimate of drug-likeness (QED) is 0.787. The molecule has 1 heterocycles. The van der Waals surface area contributed by atoms with Crippen LogP contribution in [0.2, 0.25) is 5.15 Å². The Kier molecular flexibility index (Phi) is 4.05. The minimum Gasteiger partial charge on any atom is -0.497 e. The first-order valence-corrected chi connectivity index (χ1v) is 6.57. The lowest BCUT2D eigenvalue weighted by atomic mass is 9.96. The molecule has 1 aromatic heterocycles. The Balaban J connectivity index is 2.62. The van der Waals surface area contributed by atoms with Crippen LogP contribution in [0, 0.1) is 6.92 Å². The molecule has 0 amide bonds. The van der Waals surface area contributed by atoms with Crippen LogP contribution in [0.5, 0.6) is 5.75 Å². The predicted molar refractivity (Wildman–Crippen MR) is 77.9 cm³/mol. The van der Waals surface area contributed by atoms with Gasteiger partial charge in [-0.3, -0.25) is 0 Å². The van der Waals surface area contributed by atoms with Gasteiger partial charge in [0.2, 0.25) is 0 Å². The fourth-order valence-electron chi connectivity index (χ4n) is 2.13. The summed E-state index contributed by atoms with van der Waals surface area (Å²) in [5, 5.41) is 0.523. The average Bonchev–Trinajstić information content (AvgIpc) is 2.37. The number of hydrogen-bond donors (Lipinski definition) is 0. The fourth-order valence-corrected chi connectivity index (χ4v) is 2.48. The van der Waals surface area contributed by atoms with Crippen LogP contribution >= 0.6 is 11.6 Å². The van der Waals surface area contributed by atoms with Crippen molar-refractivity contribution in [2.24, 2.45) is 0 Å². The SMILES string of the molecule is COc1ccc(-c2ncnc(Cl)c2C(C)C)c(C)c1. The van der Waals surface area contributed by atoms with E-state index in [-0.39, 0.29) is 5.92 Å². The highest BCUT2D eigenvalue weighted by atomic mass is 35.5. The first-order chi connectivity index (χ1) is 9.04. The van der Waals surface area contributed by atoms with Crippen molar-refractivity contribution in [1.29, 1.82) is 0 Å². The molecule has 0 unspecified atom stereocenters. The standard InChI is InChI=1S/C15H17ClN2O/c1-9(2)13-14(17-8-18-15(13)16)12-6-5-11(19-4)7-10(12)3/h5-9H,1-4H3. The van der Waals surface area contributed by atoms with Crippen LogP contribution in [-0.2, 0) is 0 Å². The Morgan fingerprint density at radius 2 is 1.95 bits per heavy atom. The number of ether oxygens (including phenoxy) is 1. The van der Waals surface area contributed by atoms with E-state index in [0.29, 0.717) is 5.15 Å². The van der Waals surface area contributed by atoms with Gasteiger partial charge in [0.25, 0.3) is 0 Å². The van der Waals surface area contributed by atoms with Crippen molar-refractivity contribution >= 4 is 11.6 Å². The molecular formula is C15H17ClN2O. The molecule has 0 bridgehead atoms. The summed E-state index contributed by atoms with van der Waals surface area (Å²) in [6.07, 6.45) is 1.51. The van der Waals surface area contributed by atoms with E-state index in [9.17, 15) is 0 Å². The topological polar surface area (TPSA) is 35.0 Å². The largest absolute Gasteiger partial charge is 0.497 e. The molecular weight excluding hydrogens is 260 g/mol. The summed E-state index contributed by atoms with van der Waals surface area (Å²) in [4.78, 5) is 8.49. The van der Waals surface area contributed by atoms with Crippen LogP contribution in [-0.4, -0.2) is 17.1 Å². The number of aryl methyl sites for hydroxylation is 1. The van der Waals surface area contributed by atoms with Gasteiger partial charge in [-0.1, -0.05) is 25.4 Å².